The van der Waals surface area contributed by atoms with Crippen molar-refractivity contribution in [2.75, 3.05) is 13.4 Å². The fourth-order valence-corrected chi connectivity index (χ4v) is 3.62. The highest BCUT2D eigenvalue weighted by atomic mass is 32.2. The Bertz CT molecular complexity index is 539. The number of para-hydroxylation sites is 1. The summed E-state index contributed by atoms with van der Waals surface area (Å²) in [6.07, 6.45) is 5.75. The van der Waals surface area contributed by atoms with E-state index in [-0.39, 0.29) is 12.0 Å². The van der Waals surface area contributed by atoms with Crippen LogP contribution in [0.4, 0.5) is 0 Å². The molecule has 0 amide bonds. The summed E-state index contributed by atoms with van der Waals surface area (Å²) in [4.78, 5) is 0. The van der Waals surface area contributed by atoms with E-state index < -0.39 is 10.1 Å². The monoisotopic (exact) mass is 298 g/mol. The van der Waals surface area contributed by atoms with E-state index in [9.17, 15) is 8.42 Å². The largest absolute Gasteiger partial charge is 0.496 e. The van der Waals surface area contributed by atoms with Crippen molar-refractivity contribution in [1.29, 1.82) is 0 Å². The minimum atomic E-state index is -3.44. The third-order valence-electron chi connectivity index (χ3n) is 3.79. The Hall–Kier alpha value is -1.07. The third-order valence-corrected chi connectivity index (χ3v) is 4.39. The molecule has 0 heterocycles. The smallest absolute Gasteiger partial charge is 0.264 e. The lowest BCUT2D eigenvalue weighted by Crippen LogP contribution is -2.24. The Kier molecular flexibility index (Phi) is 5.05. The van der Waals surface area contributed by atoms with Gasteiger partial charge in [-0.05, 0) is 24.5 Å². The topological polar surface area (TPSA) is 52.6 Å². The maximum absolute atomic E-state index is 11.5. The normalized spacial score (nSPS) is 24.1. The molecule has 0 aliphatic heterocycles. The van der Waals surface area contributed by atoms with Gasteiger partial charge >= 0.3 is 0 Å². The summed E-state index contributed by atoms with van der Waals surface area (Å²) >= 11 is 0. The minimum absolute atomic E-state index is 0.0726. The predicted octanol–water partition coefficient (Wildman–Crippen LogP) is 3.09. The molecule has 0 aromatic heterocycles. The molecule has 20 heavy (non-hydrogen) atoms. The SMILES string of the molecule is COc1ccccc1[C@H]1CCCCC[C@@H]1OS(C)(=O)=O. The molecule has 4 nitrogen and oxygen atoms in total. The first kappa shape index (κ1) is 15.3. The molecule has 1 fully saturated rings. The number of hydrogen-bond donors (Lipinski definition) is 0. The zero-order valence-corrected chi connectivity index (χ0v) is 12.9. The van der Waals surface area contributed by atoms with Crippen molar-refractivity contribution in [3.05, 3.63) is 29.8 Å². The summed E-state index contributed by atoms with van der Waals surface area (Å²) < 4.78 is 33.7. The van der Waals surface area contributed by atoms with E-state index in [0.717, 1.165) is 49.7 Å². The molecule has 1 aromatic carbocycles. The van der Waals surface area contributed by atoms with Gasteiger partial charge in [-0.3, -0.25) is 4.18 Å². The van der Waals surface area contributed by atoms with Gasteiger partial charge in [0.2, 0.25) is 0 Å². The van der Waals surface area contributed by atoms with Gasteiger partial charge in [-0.2, -0.15) is 8.42 Å². The molecular formula is C15H22O4S. The average molecular weight is 298 g/mol. The highest BCUT2D eigenvalue weighted by Crippen LogP contribution is 2.38. The third kappa shape index (κ3) is 3.96. The van der Waals surface area contributed by atoms with Crippen molar-refractivity contribution in [3.8, 4) is 5.75 Å². The summed E-state index contributed by atoms with van der Waals surface area (Å²) in [5, 5.41) is 0. The summed E-state index contributed by atoms with van der Waals surface area (Å²) in [5.41, 5.74) is 1.05. The molecule has 1 saturated carbocycles. The van der Waals surface area contributed by atoms with Crippen molar-refractivity contribution in [3.63, 3.8) is 0 Å². The molecule has 0 spiro atoms. The number of hydrogen-bond acceptors (Lipinski definition) is 4. The van der Waals surface area contributed by atoms with Crippen LogP contribution in [0.25, 0.3) is 0 Å². The van der Waals surface area contributed by atoms with Gasteiger partial charge in [-0.1, -0.05) is 37.5 Å². The van der Waals surface area contributed by atoms with E-state index in [1.54, 1.807) is 7.11 Å². The van der Waals surface area contributed by atoms with Crippen LogP contribution in [0.15, 0.2) is 24.3 Å². The molecule has 1 aliphatic carbocycles. The molecule has 1 aromatic rings. The summed E-state index contributed by atoms with van der Waals surface area (Å²) in [5.74, 6) is 0.880. The van der Waals surface area contributed by atoms with E-state index >= 15 is 0 Å². The second-order valence-corrected chi connectivity index (χ2v) is 6.93. The number of rotatable bonds is 4. The van der Waals surface area contributed by atoms with Crippen molar-refractivity contribution in [2.45, 2.75) is 44.1 Å². The van der Waals surface area contributed by atoms with Gasteiger partial charge in [-0.25, -0.2) is 0 Å². The van der Waals surface area contributed by atoms with E-state index in [1.165, 1.54) is 0 Å². The second kappa shape index (κ2) is 6.59. The van der Waals surface area contributed by atoms with Crippen LogP contribution in [0.2, 0.25) is 0 Å². The zero-order chi connectivity index (χ0) is 14.6. The first-order chi connectivity index (χ1) is 9.51. The number of ether oxygens (including phenoxy) is 1. The van der Waals surface area contributed by atoms with Crippen molar-refractivity contribution in [2.24, 2.45) is 0 Å². The molecule has 0 radical (unpaired) electrons. The molecule has 0 bridgehead atoms. The zero-order valence-electron chi connectivity index (χ0n) is 12.0. The average Bonchev–Trinajstić information content (AvgIpc) is 2.62. The Balaban J connectivity index is 2.32. The lowest BCUT2D eigenvalue weighted by atomic mass is 9.89. The van der Waals surface area contributed by atoms with Gasteiger partial charge in [0.1, 0.15) is 5.75 Å². The molecule has 0 unspecified atom stereocenters. The highest BCUT2D eigenvalue weighted by Gasteiger charge is 2.30. The molecule has 5 heteroatoms. The number of benzene rings is 1. The lowest BCUT2D eigenvalue weighted by molar-refractivity contribution is 0.168. The van der Waals surface area contributed by atoms with E-state index in [4.69, 9.17) is 8.92 Å². The van der Waals surface area contributed by atoms with Crippen molar-refractivity contribution >= 4 is 10.1 Å². The van der Waals surface area contributed by atoms with Crippen molar-refractivity contribution in [1.82, 2.24) is 0 Å². The van der Waals surface area contributed by atoms with E-state index in [1.807, 2.05) is 24.3 Å². The standard InChI is InChI=1S/C15H22O4S/c1-18-14-10-7-6-9-12(14)13-8-4-3-5-11-15(13)19-20(2,16)17/h6-7,9-10,13,15H,3-5,8,11H2,1-2H3/t13-,15+/m1/s1. The van der Waals surface area contributed by atoms with Crippen LogP contribution in [-0.2, 0) is 14.3 Å². The van der Waals surface area contributed by atoms with Crippen LogP contribution in [-0.4, -0.2) is 27.9 Å². The Labute approximate surface area is 121 Å². The predicted molar refractivity (Wildman–Crippen MR) is 78.5 cm³/mol. The van der Waals surface area contributed by atoms with E-state index in [2.05, 4.69) is 0 Å². The van der Waals surface area contributed by atoms with Gasteiger partial charge in [0.05, 0.1) is 19.5 Å². The van der Waals surface area contributed by atoms with Gasteiger partial charge in [0.25, 0.3) is 10.1 Å². The molecule has 112 valence electrons. The number of methoxy groups -OCH3 is 1. The first-order valence-electron chi connectivity index (χ1n) is 7.02. The van der Waals surface area contributed by atoms with Crippen LogP contribution in [0.3, 0.4) is 0 Å². The van der Waals surface area contributed by atoms with Crippen LogP contribution in [0.5, 0.6) is 5.75 Å². The molecule has 0 saturated heterocycles. The van der Waals surface area contributed by atoms with Crippen LogP contribution in [0, 0.1) is 0 Å². The van der Waals surface area contributed by atoms with Crippen LogP contribution >= 0.6 is 0 Å². The fraction of sp³-hybridized carbons (Fsp3) is 0.600. The summed E-state index contributed by atoms with van der Waals surface area (Å²) in [7, 11) is -1.80. The van der Waals surface area contributed by atoms with Gasteiger partial charge < -0.3 is 4.74 Å². The lowest BCUT2D eigenvalue weighted by Gasteiger charge is -2.26. The maximum Gasteiger partial charge on any atom is 0.264 e. The van der Waals surface area contributed by atoms with Crippen LogP contribution < -0.4 is 4.74 Å². The Morgan fingerprint density at radius 1 is 1.10 bits per heavy atom. The second-order valence-electron chi connectivity index (χ2n) is 5.33. The van der Waals surface area contributed by atoms with Gasteiger partial charge in [-0.15, -0.1) is 0 Å². The summed E-state index contributed by atoms with van der Waals surface area (Å²) in [6.45, 7) is 0. The van der Waals surface area contributed by atoms with E-state index in [0.29, 0.717) is 0 Å². The molecular weight excluding hydrogens is 276 g/mol. The first-order valence-corrected chi connectivity index (χ1v) is 8.84. The Morgan fingerprint density at radius 2 is 1.80 bits per heavy atom. The quantitative estimate of drug-likeness (QED) is 0.633. The maximum atomic E-state index is 11.5. The minimum Gasteiger partial charge on any atom is -0.496 e. The molecule has 2 rings (SSSR count). The molecule has 2 atom stereocenters. The van der Waals surface area contributed by atoms with Crippen molar-refractivity contribution < 1.29 is 17.3 Å². The molecule has 1 aliphatic rings. The fourth-order valence-electron chi connectivity index (χ4n) is 2.94. The Morgan fingerprint density at radius 3 is 2.50 bits per heavy atom. The van der Waals surface area contributed by atoms with Gasteiger partial charge in [0.15, 0.2) is 0 Å². The highest BCUT2D eigenvalue weighted by molar-refractivity contribution is 7.86. The van der Waals surface area contributed by atoms with Gasteiger partial charge in [0, 0.05) is 5.92 Å². The summed E-state index contributed by atoms with van der Waals surface area (Å²) in [6, 6.07) is 7.80. The van der Waals surface area contributed by atoms with Crippen LogP contribution in [0.1, 0.15) is 43.6 Å². The molecule has 0 N–H and O–H groups in total.